The van der Waals surface area contributed by atoms with Gasteiger partial charge in [-0.05, 0) is 18.3 Å². The van der Waals surface area contributed by atoms with E-state index in [2.05, 4.69) is 9.99 Å². The zero-order chi connectivity index (χ0) is 13.1. The third kappa shape index (κ3) is 2.30. The number of nitrogens with zero attached hydrogens (tertiary/aromatic N) is 1. The molecular weight excluding hydrogens is 237 g/mol. The van der Waals surface area contributed by atoms with E-state index in [1.807, 2.05) is 0 Å². The summed E-state index contributed by atoms with van der Waals surface area (Å²) in [5, 5.41) is 22.2. The van der Waals surface area contributed by atoms with Gasteiger partial charge in [-0.15, -0.1) is 0 Å². The summed E-state index contributed by atoms with van der Waals surface area (Å²) in [5.41, 5.74) is 1.14. The quantitative estimate of drug-likeness (QED) is 0.469. The Morgan fingerprint density at radius 1 is 1.61 bits per heavy atom. The fraction of sp³-hybridized carbons (Fsp3) is 0.273. The molecule has 0 unspecified atom stereocenters. The number of fused-ring (bicyclic) bond motifs is 1. The SMILES string of the molecule is CO/N=C/c1ccc2c(c1C(=O)O)OB(O)CC2. The minimum atomic E-state index is -1.13. The largest absolute Gasteiger partial charge is 0.535 e. The summed E-state index contributed by atoms with van der Waals surface area (Å²) in [4.78, 5) is 15.8. The van der Waals surface area contributed by atoms with Crippen molar-refractivity contribution >= 4 is 19.3 Å². The molecule has 1 aliphatic rings. The number of aryl methyl sites for hydroxylation is 1. The van der Waals surface area contributed by atoms with Gasteiger partial charge in [0.1, 0.15) is 18.4 Å². The average molecular weight is 249 g/mol. The van der Waals surface area contributed by atoms with Crippen LogP contribution in [-0.4, -0.2) is 36.5 Å². The van der Waals surface area contributed by atoms with Gasteiger partial charge in [-0.25, -0.2) is 4.79 Å². The molecule has 0 aliphatic carbocycles. The molecular formula is C11H12BNO5. The minimum absolute atomic E-state index is 0.00736. The molecule has 0 radical (unpaired) electrons. The Kier molecular flexibility index (Phi) is 3.52. The molecule has 1 heterocycles. The first-order valence-corrected chi connectivity index (χ1v) is 5.44. The third-order valence-corrected chi connectivity index (χ3v) is 2.70. The van der Waals surface area contributed by atoms with E-state index in [4.69, 9.17) is 4.65 Å². The number of aromatic carboxylic acids is 1. The fourth-order valence-corrected chi connectivity index (χ4v) is 1.88. The second-order valence-electron chi connectivity index (χ2n) is 3.85. The van der Waals surface area contributed by atoms with Crippen molar-refractivity contribution in [2.75, 3.05) is 7.11 Å². The van der Waals surface area contributed by atoms with E-state index in [9.17, 15) is 14.9 Å². The molecule has 2 rings (SSSR count). The van der Waals surface area contributed by atoms with Crippen molar-refractivity contribution in [3.8, 4) is 5.75 Å². The standard InChI is InChI=1S/C11H12BNO5/c1-17-13-6-8-3-2-7-4-5-12(16)18-10(7)9(8)11(14)15/h2-3,6,16H,4-5H2,1H3,(H,14,15)/b13-6+. The Bertz CT molecular complexity index is 502. The van der Waals surface area contributed by atoms with Crippen molar-refractivity contribution in [1.82, 2.24) is 0 Å². The molecule has 0 aromatic heterocycles. The third-order valence-electron chi connectivity index (χ3n) is 2.70. The highest BCUT2D eigenvalue weighted by molar-refractivity contribution is 6.44. The number of carboxylic acids is 1. The Hall–Kier alpha value is -2.02. The highest BCUT2D eigenvalue weighted by atomic mass is 16.6. The van der Waals surface area contributed by atoms with Crippen molar-refractivity contribution in [2.24, 2.45) is 5.16 Å². The van der Waals surface area contributed by atoms with Crippen LogP contribution in [0.2, 0.25) is 6.32 Å². The second kappa shape index (κ2) is 5.09. The molecule has 7 heteroatoms. The van der Waals surface area contributed by atoms with Gasteiger partial charge in [0.05, 0.1) is 6.21 Å². The number of hydrogen-bond acceptors (Lipinski definition) is 5. The van der Waals surface area contributed by atoms with Crippen molar-refractivity contribution in [3.63, 3.8) is 0 Å². The molecule has 1 aromatic carbocycles. The zero-order valence-corrected chi connectivity index (χ0v) is 9.79. The van der Waals surface area contributed by atoms with Gasteiger partial charge in [-0.2, -0.15) is 0 Å². The maximum Gasteiger partial charge on any atom is 0.522 e. The summed E-state index contributed by atoms with van der Waals surface area (Å²) in [6.45, 7) is 0. The fourth-order valence-electron chi connectivity index (χ4n) is 1.88. The number of carbonyl (C=O) groups is 1. The van der Waals surface area contributed by atoms with E-state index in [0.29, 0.717) is 18.3 Å². The number of rotatable bonds is 3. The molecule has 1 aliphatic heterocycles. The van der Waals surface area contributed by atoms with Gasteiger partial charge >= 0.3 is 13.1 Å². The normalized spacial score (nSPS) is 14.2. The summed E-state index contributed by atoms with van der Waals surface area (Å²) in [5.74, 6) is -0.917. The summed E-state index contributed by atoms with van der Waals surface area (Å²) < 4.78 is 5.22. The minimum Gasteiger partial charge on any atom is -0.535 e. The monoisotopic (exact) mass is 249 g/mol. The van der Waals surface area contributed by atoms with Crippen LogP contribution in [0.4, 0.5) is 0 Å². The van der Waals surface area contributed by atoms with E-state index in [-0.39, 0.29) is 11.3 Å². The van der Waals surface area contributed by atoms with Crippen LogP contribution in [0, 0.1) is 0 Å². The molecule has 0 amide bonds. The lowest BCUT2D eigenvalue weighted by Crippen LogP contribution is -2.28. The van der Waals surface area contributed by atoms with Crippen LogP contribution < -0.4 is 4.65 Å². The predicted molar refractivity (Wildman–Crippen MR) is 65.1 cm³/mol. The lowest BCUT2D eigenvalue weighted by Gasteiger charge is -2.22. The van der Waals surface area contributed by atoms with Gasteiger partial charge in [0.2, 0.25) is 0 Å². The second-order valence-corrected chi connectivity index (χ2v) is 3.85. The van der Waals surface area contributed by atoms with Crippen molar-refractivity contribution in [3.05, 3.63) is 28.8 Å². The molecule has 0 atom stereocenters. The van der Waals surface area contributed by atoms with Crippen LogP contribution in [0.25, 0.3) is 0 Å². The lowest BCUT2D eigenvalue weighted by molar-refractivity contribution is 0.0694. The topological polar surface area (TPSA) is 88.4 Å². The molecule has 0 spiro atoms. The first kappa shape index (κ1) is 12.4. The maximum absolute atomic E-state index is 11.3. The number of carboxylic acid groups (broad SMARTS) is 1. The highest BCUT2D eigenvalue weighted by Crippen LogP contribution is 2.32. The Balaban J connectivity index is 2.53. The number of benzene rings is 1. The summed E-state index contributed by atoms with van der Waals surface area (Å²) in [7, 11) is 0.403. The Labute approximate surface area is 104 Å². The van der Waals surface area contributed by atoms with Gasteiger partial charge in [-0.1, -0.05) is 17.3 Å². The van der Waals surface area contributed by atoms with Crippen LogP contribution in [-0.2, 0) is 11.3 Å². The maximum atomic E-state index is 11.3. The molecule has 1 aromatic rings. The smallest absolute Gasteiger partial charge is 0.522 e. The van der Waals surface area contributed by atoms with Gasteiger partial charge < -0.3 is 19.6 Å². The van der Waals surface area contributed by atoms with Crippen molar-refractivity contribution in [2.45, 2.75) is 12.7 Å². The van der Waals surface area contributed by atoms with Crippen molar-refractivity contribution < 1.29 is 24.4 Å². The van der Waals surface area contributed by atoms with Crippen LogP contribution in [0.5, 0.6) is 5.75 Å². The van der Waals surface area contributed by atoms with E-state index in [1.165, 1.54) is 13.3 Å². The van der Waals surface area contributed by atoms with Crippen LogP contribution in [0.15, 0.2) is 17.3 Å². The van der Waals surface area contributed by atoms with Gasteiger partial charge in [0, 0.05) is 5.56 Å². The summed E-state index contributed by atoms with van der Waals surface area (Å²) in [6, 6.07) is 3.41. The first-order valence-electron chi connectivity index (χ1n) is 5.44. The van der Waals surface area contributed by atoms with Crippen LogP contribution in [0.3, 0.4) is 0 Å². The molecule has 0 fully saturated rings. The van der Waals surface area contributed by atoms with Gasteiger partial charge in [0.15, 0.2) is 0 Å². The summed E-state index contributed by atoms with van der Waals surface area (Å²) >= 11 is 0. The molecule has 0 bridgehead atoms. The molecule has 6 nitrogen and oxygen atoms in total. The van der Waals surface area contributed by atoms with Gasteiger partial charge in [-0.3, -0.25) is 0 Å². The zero-order valence-electron chi connectivity index (χ0n) is 9.79. The van der Waals surface area contributed by atoms with Crippen LogP contribution in [0.1, 0.15) is 21.5 Å². The van der Waals surface area contributed by atoms with Crippen LogP contribution >= 0.6 is 0 Å². The Morgan fingerprint density at radius 2 is 2.39 bits per heavy atom. The van der Waals surface area contributed by atoms with E-state index < -0.39 is 13.1 Å². The highest BCUT2D eigenvalue weighted by Gasteiger charge is 2.28. The molecule has 0 saturated carbocycles. The predicted octanol–water partition coefficient (Wildman–Crippen LogP) is 0.780. The molecule has 18 heavy (non-hydrogen) atoms. The van der Waals surface area contributed by atoms with Crippen molar-refractivity contribution in [1.29, 1.82) is 0 Å². The van der Waals surface area contributed by atoms with E-state index in [0.717, 1.165) is 5.56 Å². The number of oxime groups is 1. The molecule has 94 valence electrons. The average Bonchev–Trinajstić information content (AvgIpc) is 2.34. The van der Waals surface area contributed by atoms with E-state index >= 15 is 0 Å². The molecule has 2 N–H and O–H groups in total. The Morgan fingerprint density at radius 3 is 3.06 bits per heavy atom. The molecule has 0 saturated heterocycles. The first-order chi connectivity index (χ1) is 8.63. The number of hydrogen-bond donors (Lipinski definition) is 2. The van der Waals surface area contributed by atoms with Gasteiger partial charge in [0.25, 0.3) is 0 Å². The van der Waals surface area contributed by atoms with E-state index in [1.54, 1.807) is 12.1 Å². The lowest BCUT2D eigenvalue weighted by atomic mass is 9.78. The summed E-state index contributed by atoms with van der Waals surface area (Å²) in [6.07, 6.45) is 2.34.